The largest absolute Gasteiger partial charge is 0.493 e. The lowest BCUT2D eigenvalue weighted by molar-refractivity contribution is 0.370. The molecule has 112 valence electrons. The van der Waals surface area contributed by atoms with Crippen LogP contribution in [-0.4, -0.2) is 17.1 Å². The molecule has 0 radical (unpaired) electrons. The highest BCUT2D eigenvalue weighted by Gasteiger charge is 2.21. The summed E-state index contributed by atoms with van der Waals surface area (Å²) in [7, 11) is 1.60. The Kier molecular flexibility index (Phi) is 4.02. The molecule has 0 saturated carbocycles. The van der Waals surface area contributed by atoms with E-state index in [0.717, 1.165) is 0 Å². The van der Waals surface area contributed by atoms with Crippen LogP contribution < -0.4 is 15.2 Å². The van der Waals surface area contributed by atoms with Gasteiger partial charge in [0.2, 0.25) is 5.88 Å². The Morgan fingerprint density at radius 2 is 1.67 bits per heavy atom. The topological polar surface area (TPSA) is 70.3 Å². The van der Waals surface area contributed by atoms with Crippen molar-refractivity contribution in [2.75, 3.05) is 12.8 Å². The highest BCUT2D eigenvalue weighted by atomic mass is 16.5. The fourth-order valence-corrected chi connectivity index (χ4v) is 1.75. The zero-order valence-electron chi connectivity index (χ0n) is 13.1. The molecule has 0 atom stereocenters. The van der Waals surface area contributed by atoms with Gasteiger partial charge in [-0.2, -0.15) is 4.98 Å². The van der Waals surface area contributed by atoms with E-state index < -0.39 is 0 Å². The smallest absolute Gasteiger partial charge is 0.227 e. The third-order valence-electron chi connectivity index (χ3n) is 3.09. The maximum absolute atomic E-state index is 5.98. The summed E-state index contributed by atoms with van der Waals surface area (Å²) in [5, 5.41) is 0. The Morgan fingerprint density at radius 1 is 1.05 bits per heavy atom. The van der Waals surface area contributed by atoms with E-state index in [9.17, 15) is 0 Å². The van der Waals surface area contributed by atoms with Gasteiger partial charge in [0.05, 0.1) is 12.7 Å². The van der Waals surface area contributed by atoms with Crippen molar-refractivity contribution in [2.45, 2.75) is 33.1 Å². The number of hydrogen-bond donors (Lipinski definition) is 1. The van der Waals surface area contributed by atoms with Crippen LogP contribution in [0.5, 0.6) is 17.4 Å². The molecule has 0 aliphatic carbocycles. The van der Waals surface area contributed by atoms with E-state index in [-0.39, 0.29) is 5.41 Å². The number of nitrogen functional groups attached to an aromatic ring is 1. The SMILES string of the molecule is COc1ccccc1Oc1nc(C(C)(C)C)nc(N)c1C. The molecule has 0 spiro atoms. The van der Waals surface area contributed by atoms with E-state index in [1.165, 1.54) is 0 Å². The van der Waals surface area contributed by atoms with Crippen LogP contribution in [0.1, 0.15) is 32.2 Å². The highest BCUT2D eigenvalue weighted by molar-refractivity contribution is 5.48. The van der Waals surface area contributed by atoms with Gasteiger partial charge in [-0.25, -0.2) is 4.98 Å². The molecular weight excluding hydrogens is 266 g/mol. The molecule has 0 unspecified atom stereocenters. The van der Waals surface area contributed by atoms with Crippen LogP contribution >= 0.6 is 0 Å². The monoisotopic (exact) mass is 287 g/mol. The van der Waals surface area contributed by atoms with E-state index in [1.807, 2.05) is 52.0 Å². The Morgan fingerprint density at radius 3 is 2.24 bits per heavy atom. The van der Waals surface area contributed by atoms with E-state index >= 15 is 0 Å². The van der Waals surface area contributed by atoms with Gasteiger partial charge in [0.25, 0.3) is 0 Å². The Hall–Kier alpha value is -2.30. The molecule has 0 amide bonds. The maximum atomic E-state index is 5.98. The van der Waals surface area contributed by atoms with Crippen molar-refractivity contribution in [2.24, 2.45) is 0 Å². The normalized spacial score (nSPS) is 11.3. The molecule has 1 aromatic carbocycles. The molecule has 1 aromatic heterocycles. The summed E-state index contributed by atoms with van der Waals surface area (Å²) in [5.74, 6) is 2.78. The predicted octanol–water partition coefficient (Wildman–Crippen LogP) is 3.47. The number of nitrogens with zero attached hydrogens (tertiary/aromatic N) is 2. The average molecular weight is 287 g/mol. The second-order valence-electron chi connectivity index (χ2n) is 5.87. The van der Waals surface area contributed by atoms with Gasteiger partial charge in [-0.05, 0) is 19.1 Å². The summed E-state index contributed by atoms with van der Waals surface area (Å²) in [5.41, 5.74) is 6.49. The molecular formula is C16H21N3O2. The maximum Gasteiger partial charge on any atom is 0.227 e. The van der Waals surface area contributed by atoms with Crippen LogP contribution in [0.25, 0.3) is 0 Å². The van der Waals surface area contributed by atoms with Gasteiger partial charge in [-0.1, -0.05) is 32.9 Å². The summed E-state index contributed by atoms with van der Waals surface area (Å²) >= 11 is 0. The second kappa shape index (κ2) is 5.60. The standard InChI is InChI=1S/C16H21N3O2/c1-10-13(17)18-15(16(2,3)4)19-14(10)21-12-9-7-6-8-11(12)20-5/h6-9H,1-5H3,(H2,17,18,19). The van der Waals surface area contributed by atoms with Gasteiger partial charge in [0, 0.05) is 5.41 Å². The lowest BCUT2D eigenvalue weighted by atomic mass is 9.95. The van der Waals surface area contributed by atoms with Gasteiger partial charge in [-0.3, -0.25) is 0 Å². The Labute approximate surface area is 125 Å². The zero-order valence-corrected chi connectivity index (χ0v) is 13.1. The van der Waals surface area contributed by atoms with Crippen molar-refractivity contribution in [3.63, 3.8) is 0 Å². The number of aromatic nitrogens is 2. The summed E-state index contributed by atoms with van der Waals surface area (Å²) in [6.45, 7) is 7.94. The second-order valence-corrected chi connectivity index (χ2v) is 5.87. The first-order valence-electron chi connectivity index (χ1n) is 6.78. The van der Waals surface area contributed by atoms with Crippen molar-refractivity contribution < 1.29 is 9.47 Å². The molecule has 0 fully saturated rings. The first-order valence-corrected chi connectivity index (χ1v) is 6.78. The van der Waals surface area contributed by atoms with Crippen molar-refractivity contribution in [1.29, 1.82) is 0 Å². The van der Waals surface area contributed by atoms with Crippen LogP contribution in [0.15, 0.2) is 24.3 Å². The Balaban J connectivity index is 2.46. The predicted molar refractivity (Wildman–Crippen MR) is 82.9 cm³/mol. The molecule has 1 heterocycles. The highest BCUT2D eigenvalue weighted by Crippen LogP contribution is 2.33. The van der Waals surface area contributed by atoms with Crippen LogP contribution in [0.3, 0.4) is 0 Å². The lowest BCUT2D eigenvalue weighted by Gasteiger charge is -2.19. The van der Waals surface area contributed by atoms with Crippen molar-refractivity contribution in [3.05, 3.63) is 35.7 Å². The number of rotatable bonds is 3. The van der Waals surface area contributed by atoms with Crippen molar-refractivity contribution >= 4 is 5.82 Å². The number of para-hydroxylation sites is 2. The summed E-state index contributed by atoms with van der Waals surface area (Å²) in [4.78, 5) is 8.85. The van der Waals surface area contributed by atoms with E-state index in [2.05, 4.69) is 9.97 Å². The summed E-state index contributed by atoms with van der Waals surface area (Å²) < 4.78 is 11.2. The number of hydrogen-bond acceptors (Lipinski definition) is 5. The number of anilines is 1. The molecule has 0 aliphatic rings. The molecule has 0 saturated heterocycles. The van der Waals surface area contributed by atoms with Crippen LogP contribution in [0.4, 0.5) is 5.82 Å². The number of methoxy groups -OCH3 is 1. The summed E-state index contributed by atoms with van der Waals surface area (Å²) in [6, 6.07) is 7.42. The Bertz CT molecular complexity index is 648. The molecule has 5 heteroatoms. The molecule has 0 aliphatic heterocycles. The first kappa shape index (κ1) is 15.1. The quantitative estimate of drug-likeness (QED) is 0.936. The fourth-order valence-electron chi connectivity index (χ4n) is 1.75. The minimum absolute atomic E-state index is 0.208. The van der Waals surface area contributed by atoms with E-state index in [1.54, 1.807) is 7.11 Å². The van der Waals surface area contributed by atoms with Crippen molar-refractivity contribution in [3.8, 4) is 17.4 Å². The van der Waals surface area contributed by atoms with Gasteiger partial charge < -0.3 is 15.2 Å². The molecule has 2 aromatic rings. The molecule has 2 rings (SSSR count). The van der Waals surface area contributed by atoms with E-state index in [4.69, 9.17) is 15.2 Å². The minimum Gasteiger partial charge on any atom is -0.493 e. The number of benzene rings is 1. The van der Waals surface area contributed by atoms with Gasteiger partial charge >= 0.3 is 0 Å². The lowest BCUT2D eigenvalue weighted by Crippen LogP contribution is -2.18. The molecule has 0 bridgehead atoms. The van der Waals surface area contributed by atoms with E-state index in [0.29, 0.717) is 34.6 Å². The summed E-state index contributed by atoms with van der Waals surface area (Å²) in [6.07, 6.45) is 0. The third kappa shape index (κ3) is 3.24. The number of nitrogens with two attached hydrogens (primary N) is 1. The van der Waals surface area contributed by atoms with Crippen LogP contribution in [-0.2, 0) is 5.41 Å². The zero-order chi connectivity index (χ0) is 15.6. The third-order valence-corrected chi connectivity index (χ3v) is 3.09. The molecule has 5 nitrogen and oxygen atoms in total. The average Bonchev–Trinajstić information content (AvgIpc) is 2.43. The van der Waals surface area contributed by atoms with Gasteiger partial charge in [0.1, 0.15) is 11.6 Å². The van der Waals surface area contributed by atoms with Crippen LogP contribution in [0, 0.1) is 6.92 Å². The van der Waals surface area contributed by atoms with Gasteiger partial charge in [0.15, 0.2) is 11.5 Å². The number of ether oxygens (including phenoxy) is 2. The van der Waals surface area contributed by atoms with Gasteiger partial charge in [-0.15, -0.1) is 0 Å². The van der Waals surface area contributed by atoms with Crippen LogP contribution in [0.2, 0.25) is 0 Å². The minimum atomic E-state index is -0.208. The first-order chi connectivity index (χ1) is 9.82. The molecule has 21 heavy (non-hydrogen) atoms. The van der Waals surface area contributed by atoms with Crippen molar-refractivity contribution in [1.82, 2.24) is 9.97 Å². The molecule has 2 N–H and O–H groups in total. The fraction of sp³-hybridized carbons (Fsp3) is 0.375.